The number of rotatable bonds is 19. The van der Waals surface area contributed by atoms with Gasteiger partial charge < -0.3 is 31.9 Å². The summed E-state index contributed by atoms with van der Waals surface area (Å²) < 4.78 is 34.1. The van der Waals surface area contributed by atoms with E-state index >= 15 is 0 Å². The Labute approximate surface area is 210 Å². The van der Waals surface area contributed by atoms with E-state index in [0.717, 1.165) is 31.4 Å². The maximum absolute atomic E-state index is 12.8. The highest BCUT2D eigenvalue weighted by molar-refractivity contribution is 7.99. The number of thioether (sulfide) groups is 1. The summed E-state index contributed by atoms with van der Waals surface area (Å²) in [5, 5.41) is 7.98. The maximum Gasteiger partial charge on any atom is 0.500 e. The molecule has 0 spiro atoms. The van der Waals surface area contributed by atoms with Crippen LogP contribution in [0.25, 0.3) is 0 Å². The summed E-state index contributed by atoms with van der Waals surface area (Å²) in [5.74, 6) is 1.44. The molecule has 1 aromatic rings. The highest BCUT2D eigenvalue weighted by atomic mass is 32.2. The van der Waals surface area contributed by atoms with Crippen LogP contribution < -0.4 is 5.32 Å². The summed E-state index contributed by atoms with van der Waals surface area (Å²) in [4.78, 5) is 17.5. The minimum atomic E-state index is -2.65. The second kappa shape index (κ2) is 16.8. The molecule has 0 fully saturated rings. The van der Waals surface area contributed by atoms with E-state index < -0.39 is 17.6 Å². The molecule has 0 bridgehead atoms. The van der Waals surface area contributed by atoms with Gasteiger partial charge in [0.15, 0.2) is 0 Å². The lowest BCUT2D eigenvalue weighted by Gasteiger charge is -2.24. The van der Waals surface area contributed by atoms with Gasteiger partial charge in [0.2, 0.25) is 5.16 Å². The van der Waals surface area contributed by atoms with Crippen LogP contribution in [0.15, 0.2) is 5.16 Å². The lowest BCUT2D eigenvalue weighted by atomic mass is 10.2. The van der Waals surface area contributed by atoms with Gasteiger partial charge in [-0.3, -0.25) is 0 Å². The normalized spacial score (nSPS) is 12.3. The van der Waals surface area contributed by atoms with E-state index in [1.54, 1.807) is 42.7 Å². The van der Waals surface area contributed by atoms with Crippen molar-refractivity contribution in [1.82, 2.24) is 20.1 Å². The van der Waals surface area contributed by atoms with E-state index in [1.165, 1.54) is 16.4 Å². The van der Waals surface area contributed by atoms with Crippen LogP contribution in [0.4, 0.5) is 4.79 Å². The number of nitrogens with one attached hydrogen (secondary N) is 1. The molecule has 14 heteroatoms. The number of carbonyl (C=O) groups is 1. The first kappa shape index (κ1) is 31.2. The van der Waals surface area contributed by atoms with Crippen molar-refractivity contribution in [2.45, 2.75) is 62.7 Å². The average Bonchev–Trinajstić information content (AvgIpc) is 3.28. The summed E-state index contributed by atoms with van der Waals surface area (Å²) in [6, 6.07) is 1.02. The molecular formula is C20H42N4O7SSi2. The Bertz CT molecular complexity index is 690. The van der Waals surface area contributed by atoms with E-state index in [0.29, 0.717) is 42.5 Å². The molecule has 0 unspecified atom stereocenters. The standard InChI is InChI=1S/C20H42N4O7SSi2/c1-8-9-10-13-18-22-19(32-15-12-17-34(29-5,30-6)31-7)23-24(18)20(25)21-14-11-16-33(26-2,27-3)28-4/h8-17H2,1-7H3,(H,21,25). The van der Waals surface area contributed by atoms with Gasteiger partial charge in [-0.25, -0.2) is 9.78 Å². The van der Waals surface area contributed by atoms with Gasteiger partial charge in [0, 0.05) is 73.5 Å². The van der Waals surface area contributed by atoms with Crippen molar-refractivity contribution in [1.29, 1.82) is 0 Å². The van der Waals surface area contributed by atoms with Gasteiger partial charge in [0.05, 0.1) is 0 Å². The molecule has 1 rings (SSSR count). The van der Waals surface area contributed by atoms with Gasteiger partial charge in [0.1, 0.15) is 5.82 Å². The van der Waals surface area contributed by atoms with Gasteiger partial charge in [0.25, 0.3) is 0 Å². The van der Waals surface area contributed by atoms with E-state index in [4.69, 9.17) is 26.6 Å². The fraction of sp³-hybridized carbons (Fsp3) is 0.850. The van der Waals surface area contributed by atoms with Gasteiger partial charge in [-0.15, -0.1) is 5.10 Å². The van der Waals surface area contributed by atoms with E-state index in [-0.39, 0.29) is 6.03 Å². The van der Waals surface area contributed by atoms with Gasteiger partial charge in [-0.2, -0.15) is 4.68 Å². The van der Waals surface area contributed by atoms with Crippen LogP contribution in [-0.4, -0.2) is 93.4 Å². The number of aromatic nitrogens is 3. The molecule has 0 saturated heterocycles. The summed E-state index contributed by atoms with van der Waals surface area (Å²) in [5.41, 5.74) is 0. The van der Waals surface area contributed by atoms with Crippen molar-refractivity contribution in [2.24, 2.45) is 0 Å². The molecule has 1 N–H and O–H groups in total. The van der Waals surface area contributed by atoms with E-state index in [9.17, 15) is 4.79 Å². The van der Waals surface area contributed by atoms with Gasteiger partial charge in [-0.1, -0.05) is 31.5 Å². The molecule has 1 aromatic heterocycles. The van der Waals surface area contributed by atoms with Crippen LogP contribution in [0.1, 0.15) is 44.9 Å². The number of aryl methyl sites for hydroxylation is 1. The second-order valence-electron chi connectivity index (χ2n) is 7.56. The van der Waals surface area contributed by atoms with Crippen LogP contribution in [0, 0.1) is 0 Å². The van der Waals surface area contributed by atoms with Crippen molar-refractivity contribution in [3.63, 3.8) is 0 Å². The first-order chi connectivity index (χ1) is 16.4. The fourth-order valence-corrected chi connectivity index (χ4v) is 7.86. The smallest absolute Gasteiger partial charge is 0.377 e. The Morgan fingerprint density at radius 2 is 1.44 bits per heavy atom. The van der Waals surface area contributed by atoms with Crippen LogP contribution in [-0.2, 0) is 33.0 Å². The molecule has 1 heterocycles. The highest BCUT2D eigenvalue weighted by Gasteiger charge is 2.37. The molecule has 0 atom stereocenters. The van der Waals surface area contributed by atoms with Crippen molar-refractivity contribution in [3.05, 3.63) is 5.82 Å². The van der Waals surface area contributed by atoms with Crippen LogP contribution in [0.5, 0.6) is 0 Å². The second-order valence-corrected chi connectivity index (χ2v) is 14.8. The largest absolute Gasteiger partial charge is 0.500 e. The molecular weight excluding hydrogens is 496 g/mol. The Hall–Kier alpha value is -0.846. The summed E-state index contributed by atoms with van der Waals surface area (Å²) >= 11 is 1.51. The molecule has 0 aliphatic rings. The Kier molecular flexibility index (Phi) is 15.4. The number of hydrogen-bond acceptors (Lipinski definition) is 10. The molecule has 0 aliphatic heterocycles. The number of unbranched alkanes of at least 4 members (excludes halogenated alkanes) is 2. The molecule has 11 nitrogen and oxygen atoms in total. The lowest BCUT2D eigenvalue weighted by Crippen LogP contribution is -2.43. The molecule has 0 radical (unpaired) electrons. The monoisotopic (exact) mass is 538 g/mol. The highest BCUT2D eigenvalue weighted by Crippen LogP contribution is 2.21. The zero-order valence-corrected chi connectivity index (χ0v) is 24.5. The predicted octanol–water partition coefficient (Wildman–Crippen LogP) is 3.20. The SMILES string of the molecule is CCCCCc1nc(SCCC[Si](OC)(OC)OC)nn1C(=O)NCCC[Si](OC)(OC)OC. The number of amides is 1. The van der Waals surface area contributed by atoms with Crippen molar-refractivity contribution < 1.29 is 31.4 Å². The topological polar surface area (TPSA) is 115 Å². The van der Waals surface area contributed by atoms with Crippen molar-refractivity contribution in [3.8, 4) is 0 Å². The first-order valence-electron chi connectivity index (χ1n) is 11.6. The third-order valence-electron chi connectivity index (χ3n) is 5.51. The summed E-state index contributed by atoms with van der Waals surface area (Å²) in [7, 11) is 4.33. The molecule has 34 heavy (non-hydrogen) atoms. The maximum atomic E-state index is 12.8. The Balaban J connectivity index is 2.70. The lowest BCUT2D eigenvalue weighted by molar-refractivity contribution is 0.122. The minimum Gasteiger partial charge on any atom is -0.377 e. The third-order valence-corrected chi connectivity index (χ3v) is 12.1. The fourth-order valence-electron chi connectivity index (χ4n) is 3.38. The zero-order chi connectivity index (χ0) is 25.5. The van der Waals surface area contributed by atoms with Gasteiger partial charge in [-0.05, 0) is 19.3 Å². The number of carbonyl (C=O) groups excluding carboxylic acids is 1. The molecule has 0 aromatic carbocycles. The summed E-state index contributed by atoms with van der Waals surface area (Å²) in [6.07, 6.45) is 5.32. The van der Waals surface area contributed by atoms with Crippen LogP contribution in [0.3, 0.4) is 0 Å². The summed E-state index contributed by atoms with van der Waals surface area (Å²) in [6.45, 7) is 2.60. The first-order valence-corrected chi connectivity index (χ1v) is 16.4. The molecule has 1 amide bonds. The van der Waals surface area contributed by atoms with E-state index in [1.807, 2.05) is 0 Å². The third kappa shape index (κ3) is 9.66. The van der Waals surface area contributed by atoms with Crippen LogP contribution in [0.2, 0.25) is 12.1 Å². The zero-order valence-electron chi connectivity index (χ0n) is 21.7. The minimum absolute atomic E-state index is 0.282. The Morgan fingerprint density at radius 3 is 1.97 bits per heavy atom. The molecule has 198 valence electrons. The van der Waals surface area contributed by atoms with Crippen molar-refractivity contribution >= 4 is 35.4 Å². The van der Waals surface area contributed by atoms with Crippen LogP contribution >= 0.6 is 11.8 Å². The quantitative estimate of drug-likeness (QED) is 0.160. The van der Waals surface area contributed by atoms with E-state index in [2.05, 4.69) is 22.3 Å². The van der Waals surface area contributed by atoms with Crippen molar-refractivity contribution in [2.75, 3.05) is 55.0 Å². The molecule has 0 aliphatic carbocycles. The Morgan fingerprint density at radius 1 is 0.882 bits per heavy atom. The average molecular weight is 539 g/mol. The van der Waals surface area contributed by atoms with Gasteiger partial charge >= 0.3 is 23.6 Å². The predicted molar refractivity (Wildman–Crippen MR) is 135 cm³/mol. The number of nitrogens with zero attached hydrogens (tertiary/aromatic N) is 3. The number of hydrogen-bond donors (Lipinski definition) is 1. The molecule has 0 saturated carbocycles.